The Morgan fingerprint density at radius 2 is 1.67 bits per heavy atom. The van der Waals surface area contributed by atoms with Crippen LogP contribution in [0.25, 0.3) is 10.8 Å². The van der Waals surface area contributed by atoms with Gasteiger partial charge in [0.15, 0.2) is 15.0 Å². The van der Waals surface area contributed by atoms with Crippen LogP contribution in [0.5, 0.6) is 5.75 Å². The second-order valence-corrected chi connectivity index (χ2v) is 9.93. The molecule has 1 saturated heterocycles. The van der Waals surface area contributed by atoms with Gasteiger partial charge in [0.25, 0.3) is 0 Å². The lowest BCUT2D eigenvalue weighted by atomic mass is 10.1. The van der Waals surface area contributed by atoms with Crippen molar-refractivity contribution in [2.24, 2.45) is 0 Å². The van der Waals surface area contributed by atoms with E-state index in [0.717, 1.165) is 11.8 Å². The van der Waals surface area contributed by atoms with E-state index in [0.29, 0.717) is 23.3 Å². The molecule has 0 aromatic heterocycles. The van der Waals surface area contributed by atoms with Crippen LogP contribution in [0, 0.1) is 0 Å². The summed E-state index contributed by atoms with van der Waals surface area (Å²) in [5.74, 6) is 3.15. The van der Waals surface area contributed by atoms with Crippen LogP contribution in [0.1, 0.15) is 26.2 Å². The van der Waals surface area contributed by atoms with E-state index < -0.39 is 21.8 Å². The van der Waals surface area contributed by atoms with Crippen molar-refractivity contribution in [3.05, 3.63) is 36.4 Å². The number of carbonyl (C=O) groups excluding carboxylic acids is 1. The summed E-state index contributed by atoms with van der Waals surface area (Å²) < 4.78 is 69.3. The molecule has 1 fully saturated rings. The van der Waals surface area contributed by atoms with Crippen LogP contribution >= 0.6 is 0 Å². The van der Waals surface area contributed by atoms with E-state index in [-0.39, 0.29) is 0 Å². The van der Waals surface area contributed by atoms with Gasteiger partial charge >= 0.3 is 11.7 Å². The Labute approximate surface area is 175 Å². The minimum atomic E-state index is -6.09. The smallest absolute Gasteiger partial charge is 0.513 e. The Morgan fingerprint density at radius 3 is 2.23 bits per heavy atom. The molecule has 3 rings (SSSR count). The van der Waals surface area contributed by atoms with Crippen LogP contribution in [0.2, 0.25) is 0 Å². The molecule has 0 spiro atoms. The average Bonchev–Trinajstić information content (AvgIpc) is 3.20. The molecule has 2 aromatic rings. The number of ether oxygens (including phenoxy) is 2. The molecule has 0 unspecified atom stereocenters. The van der Waals surface area contributed by atoms with Crippen LogP contribution in [-0.4, -0.2) is 42.7 Å². The number of fused-ring (bicyclic) bond motifs is 1. The summed E-state index contributed by atoms with van der Waals surface area (Å²) in [7, 11) is -5.75. The molecule has 0 N–H and O–H groups in total. The van der Waals surface area contributed by atoms with E-state index in [1.165, 1.54) is 34.6 Å². The number of hydrogen-bond donors (Lipinski definition) is 0. The van der Waals surface area contributed by atoms with Gasteiger partial charge in [-0.05, 0) is 37.5 Å². The second-order valence-electron chi connectivity index (χ2n) is 6.32. The zero-order valence-corrected chi connectivity index (χ0v) is 17.7. The van der Waals surface area contributed by atoms with Crippen molar-refractivity contribution in [3.8, 4) is 5.75 Å². The van der Waals surface area contributed by atoms with Crippen molar-refractivity contribution in [2.75, 3.05) is 18.1 Å². The third-order valence-corrected chi connectivity index (χ3v) is 7.19. The fourth-order valence-corrected chi connectivity index (χ4v) is 5.28. The molecule has 2 aromatic carbocycles. The Morgan fingerprint density at radius 1 is 1.10 bits per heavy atom. The van der Waals surface area contributed by atoms with E-state index in [1.807, 2.05) is 25.1 Å². The van der Waals surface area contributed by atoms with Crippen molar-refractivity contribution in [3.63, 3.8) is 0 Å². The Kier molecular flexibility index (Phi) is 8.39. The van der Waals surface area contributed by atoms with Gasteiger partial charge in [0.1, 0.15) is 17.3 Å². The zero-order chi connectivity index (χ0) is 22.4. The maximum absolute atomic E-state index is 11.7. The zero-order valence-electron chi connectivity index (χ0n) is 16.1. The monoisotopic (exact) mass is 466 g/mol. The van der Waals surface area contributed by atoms with Crippen LogP contribution in [0.4, 0.5) is 18.0 Å². The van der Waals surface area contributed by atoms with E-state index in [4.69, 9.17) is 22.4 Å². The standard InChI is InChI=1S/C18H21O3S.CHF3O3S/c1-2-11-20-18(19)21-16-9-5-8-15-14(16)7-6-10-17(15)22-12-3-4-13-22;2-1(3,4)8(5,6)7/h5-10H,2-4,11-13H2,1H3;(H,5,6,7)/q+1;/p-1. The molecule has 1 aliphatic rings. The number of carbonyl (C=O) groups is 1. The van der Waals surface area contributed by atoms with Crippen LogP contribution < -0.4 is 4.74 Å². The van der Waals surface area contributed by atoms with Crippen LogP contribution in [-0.2, 0) is 25.7 Å². The Bertz CT molecular complexity index is 970. The van der Waals surface area contributed by atoms with Crippen LogP contribution in [0.15, 0.2) is 41.3 Å². The molecule has 1 aliphatic heterocycles. The molecule has 166 valence electrons. The molecule has 0 radical (unpaired) electrons. The summed E-state index contributed by atoms with van der Waals surface area (Å²) >= 11 is 0. The van der Waals surface area contributed by atoms with E-state index >= 15 is 0 Å². The van der Waals surface area contributed by atoms with Gasteiger partial charge in [0.2, 0.25) is 0 Å². The largest absolute Gasteiger partial charge is 0.741 e. The molecule has 30 heavy (non-hydrogen) atoms. The molecule has 6 nitrogen and oxygen atoms in total. The predicted octanol–water partition coefficient (Wildman–Crippen LogP) is 4.59. The first-order valence-electron chi connectivity index (χ1n) is 9.10. The third-order valence-electron chi connectivity index (χ3n) is 4.09. The molecule has 0 amide bonds. The quantitative estimate of drug-likeness (QED) is 0.215. The average molecular weight is 466 g/mol. The highest BCUT2D eigenvalue weighted by Crippen LogP contribution is 2.34. The summed E-state index contributed by atoms with van der Waals surface area (Å²) in [5, 5.41) is 2.20. The number of halogens is 3. The van der Waals surface area contributed by atoms with E-state index in [1.54, 1.807) is 0 Å². The van der Waals surface area contributed by atoms with E-state index in [2.05, 4.69) is 18.2 Å². The number of alkyl halides is 3. The first-order chi connectivity index (χ1) is 14.0. The van der Waals surface area contributed by atoms with Crippen LogP contribution in [0.3, 0.4) is 0 Å². The lowest BCUT2D eigenvalue weighted by Gasteiger charge is -2.10. The summed E-state index contributed by atoms with van der Waals surface area (Å²) in [6.45, 7) is 2.35. The Hall–Kier alpha value is -1.98. The fraction of sp³-hybridized carbons (Fsp3) is 0.421. The fourth-order valence-electron chi connectivity index (χ4n) is 2.77. The lowest BCUT2D eigenvalue weighted by molar-refractivity contribution is -0.0517. The first kappa shape index (κ1) is 24.3. The van der Waals surface area contributed by atoms with Gasteiger partial charge in [0, 0.05) is 21.7 Å². The summed E-state index contributed by atoms with van der Waals surface area (Å²) in [4.78, 5) is 13.1. The van der Waals surface area contributed by atoms with Gasteiger partial charge in [-0.3, -0.25) is 0 Å². The molecular formula is C19H21F3O6S2. The van der Waals surface area contributed by atoms with Crippen molar-refractivity contribution in [1.29, 1.82) is 0 Å². The van der Waals surface area contributed by atoms with Gasteiger partial charge < -0.3 is 14.0 Å². The molecule has 0 bridgehead atoms. The predicted molar refractivity (Wildman–Crippen MR) is 107 cm³/mol. The lowest BCUT2D eigenvalue weighted by Crippen LogP contribution is -2.21. The normalized spacial score (nSPS) is 14.8. The van der Waals surface area contributed by atoms with Gasteiger partial charge in [-0.25, -0.2) is 13.2 Å². The minimum absolute atomic E-state index is 0.337. The summed E-state index contributed by atoms with van der Waals surface area (Å²) in [5.41, 5.74) is -5.65. The first-order valence-corrected chi connectivity index (χ1v) is 12.1. The molecule has 0 aliphatic carbocycles. The highest BCUT2D eigenvalue weighted by molar-refractivity contribution is 7.97. The summed E-state index contributed by atoms with van der Waals surface area (Å²) in [6, 6.07) is 12.2. The van der Waals surface area contributed by atoms with Gasteiger partial charge in [-0.2, -0.15) is 13.2 Å². The number of rotatable bonds is 4. The van der Waals surface area contributed by atoms with Crippen molar-refractivity contribution in [1.82, 2.24) is 0 Å². The summed E-state index contributed by atoms with van der Waals surface area (Å²) in [6.07, 6.45) is 2.80. The van der Waals surface area contributed by atoms with Gasteiger partial charge in [-0.1, -0.05) is 25.1 Å². The SMILES string of the molecule is CCCOC(=O)Oc1cccc2c([S+]3CCCC3)cccc12.O=S(=O)([O-])C(F)(F)F. The van der Waals surface area contributed by atoms with Gasteiger partial charge in [-0.15, -0.1) is 0 Å². The van der Waals surface area contributed by atoms with Crippen molar-refractivity contribution < 1.29 is 40.4 Å². The molecule has 0 atom stereocenters. The van der Waals surface area contributed by atoms with Crippen molar-refractivity contribution in [2.45, 2.75) is 36.6 Å². The number of benzene rings is 2. The third kappa shape index (κ3) is 6.51. The molecule has 0 saturated carbocycles. The van der Waals surface area contributed by atoms with E-state index in [9.17, 15) is 18.0 Å². The maximum Gasteiger partial charge on any atom is 0.513 e. The Balaban J connectivity index is 0.000000343. The maximum atomic E-state index is 11.7. The topological polar surface area (TPSA) is 92.7 Å². The molecule has 1 heterocycles. The highest BCUT2D eigenvalue weighted by atomic mass is 32.2. The molecular weight excluding hydrogens is 445 g/mol. The molecule has 11 heteroatoms. The minimum Gasteiger partial charge on any atom is -0.741 e. The van der Waals surface area contributed by atoms with Gasteiger partial charge in [0.05, 0.1) is 6.61 Å². The number of hydrogen-bond acceptors (Lipinski definition) is 6. The van der Waals surface area contributed by atoms with Crippen molar-refractivity contribution >= 4 is 37.9 Å². The highest BCUT2D eigenvalue weighted by Gasteiger charge is 2.37. The second kappa shape index (κ2) is 10.4.